The van der Waals surface area contributed by atoms with Crippen LogP contribution >= 0.6 is 11.6 Å². The minimum Gasteiger partial charge on any atom is -0.295 e. The molecule has 0 bridgehead atoms. The number of anilines is 1. The Bertz CT molecular complexity index is 763. The van der Waals surface area contributed by atoms with Gasteiger partial charge in [-0.3, -0.25) is 9.52 Å². The minimum atomic E-state index is -3.75. The predicted molar refractivity (Wildman–Crippen MR) is 83.4 cm³/mol. The highest BCUT2D eigenvalue weighted by Crippen LogP contribution is 2.27. The van der Waals surface area contributed by atoms with E-state index in [-0.39, 0.29) is 10.7 Å². The predicted octanol–water partition coefficient (Wildman–Crippen LogP) is 3.65. The van der Waals surface area contributed by atoms with Gasteiger partial charge < -0.3 is 0 Å². The van der Waals surface area contributed by atoms with E-state index in [1.54, 1.807) is 25.1 Å². The standard InChI is InChI=1S/C15H14ClNO3S/c1-10-4-3-5-14(16)15(10)17-21(19,20)13-8-6-12(7-9-13)11(2)18/h3-9,17H,1-2H3. The number of sulfonamides is 1. The smallest absolute Gasteiger partial charge is 0.261 e. The first-order valence-electron chi connectivity index (χ1n) is 6.20. The summed E-state index contributed by atoms with van der Waals surface area (Å²) in [7, 11) is -3.75. The second-order valence-electron chi connectivity index (χ2n) is 4.62. The molecule has 1 N–H and O–H groups in total. The average Bonchev–Trinajstić information content (AvgIpc) is 2.43. The molecule has 0 aliphatic heterocycles. The van der Waals surface area contributed by atoms with Crippen LogP contribution in [0, 0.1) is 6.92 Å². The van der Waals surface area contributed by atoms with E-state index in [4.69, 9.17) is 11.6 Å². The van der Waals surface area contributed by atoms with Crippen molar-refractivity contribution in [2.75, 3.05) is 4.72 Å². The molecule has 0 atom stereocenters. The number of para-hydroxylation sites is 1. The highest BCUT2D eigenvalue weighted by molar-refractivity contribution is 7.92. The van der Waals surface area contributed by atoms with Crippen molar-refractivity contribution in [1.29, 1.82) is 0 Å². The Kier molecular flexibility index (Phi) is 4.34. The maximum atomic E-state index is 12.3. The summed E-state index contributed by atoms with van der Waals surface area (Å²) in [4.78, 5) is 11.3. The van der Waals surface area contributed by atoms with E-state index in [9.17, 15) is 13.2 Å². The molecule has 2 rings (SSSR count). The zero-order valence-electron chi connectivity index (χ0n) is 11.6. The fourth-order valence-electron chi connectivity index (χ4n) is 1.82. The van der Waals surface area contributed by atoms with E-state index in [2.05, 4.69) is 4.72 Å². The van der Waals surface area contributed by atoms with Crippen LogP contribution in [-0.2, 0) is 10.0 Å². The van der Waals surface area contributed by atoms with Crippen LogP contribution in [0.5, 0.6) is 0 Å². The molecule has 0 saturated carbocycles. The number of ketones is 1. The summed E-state index contributed by atoms with van der Waals surface area (Å²) in [6.45, 7) is 3.19. The van der Waals surface area contributed by atoms with E-state index >= 15 is 0 Å². The lowest BCUT2D eigenvalue weighted by Gasteiger charge is -2.12. The maximum Gasteiger partial charge on any atom is 0.261 e. The lowest BCUT2D eigenvalue weighted by atomic mass is 10.2. The number of carbonyl (C=O) groups excluding carboxylic acids is 1. The van der Waals surface area contributed by atoms with Gasteiger partial charge in [0.25, 0.3) is 10.0 Å². The summed E-state index contributed by atoms with van der Waals surface area (Å²) in [6.07, 6.45) is 0. The highest BCUT2D eigenvalue weighted by atomic mass is 35.5. The Labute approximate surface area is 128 Å². The monoisotopic (exact) mass is 323 g/mol. The van der Waals surface area contributed by atoms with Crippen molar-refractivity contribution in [2.45, 2.75) is 18.7 Å². The van der Waals surface area contributed by atoms with Crippen LogP contribution in [0.15, 0.2) is 47.4 Å². The number of nitrogens with one attached hydrogen (secondary N) is 1. The average molecular weight is 324 g/mol. The molecular formula is C15H14ClNO3S. The van der Waals surface area contributed by atoms with Gasteiger partial charge in [0.15, 0.2) is 5.78 Å². The third-order valence-corrected chi connectivity index (χ3v) is 4.71. The van der Waals surface area contributed by atoms with Crippen molar-refractivity contribution < 1.29 is 13.2 Å². The number of hydrogen-bond donors (Lipinski definition) is 1. The molecule has 6 heteroatoms. The van der Waals surface area contributed by atoms with Crippen LogP contribution in [0.25, 0.3) is 0 Å². The molecule has 2 aromatic rings. The van der Waals surface area contributed by atoms with Gasteiger partial charge in [-0.1, -0.05) is 35.9 Å². The highest BCUT2D eigenvalue weighted by Gasteiger charge is 2.17. The van der Waals surface area contributed by atoms with Crippen molar-refractivity contribution >= 4 is 33.1 Å². The quantitative estimate of drug-likeness (QED) is 0.873. The molecular weight excluding hydrogens is 310 g/mol. The Morgan fingerprint density at radius 3 is 2.24 bits per heavy atom. The van der Waals surface area contributed by atoms with Gasteiger partial charge in [-0.2, -0.15) is 0 Å². The first-order chi connectivity index (χ1) is 9.81. The summed E-state index contributed by atoms with van der Waals surface area (Å²) in [5, 5.41) is 0.332. The first-order valence-corrected chi connectivity index (χ1v) is 8.06. The lowest BCUT2D eigenvalue weighted by molar-refractivity contribution is 0.101. The van der Waals surface area contributed by atoms with Crippen LogP contribution in [0.1, 0.15) is 22.8 Å². The summed E-state index contributed by atoms with van der Waals surface area (Å²) >= 11 is 6.02. The molecule has 4 nitrogen and oxygen atoms in total. The van der Waals surface area contributed by atoms with Crippen molar-refractivity contribution in [3.8, 4) is 0 Å². The zero-order chi connectivity index (χ0) is 15.6. The third kappa shape index (κ3) is 3.43. The molecule has 110 valence electrons. The second-order valence-corrected chi connectivity index (χ2v) is 6.71. The Morgan fingerprint density at radius 1 is 1.10 bits per heavy atom. The Balaban J connectivity index is 2.36. The fraction of sp³-hybridized carbons (Fsp3) is 0.133. The molecule has 0 heterocycles. The van der Waals surface area contributed by atoms with Crippen molar-refractivity contribution in [3.63, 3.8) is 0 Å². The summed E-state index contributed by atoms with van der Waals surface area (Å²) < 4.78 is 27.1. The second kappa shape index (κ2) is 5.87. The molecule has 0 radical (unpaired) electrons. The molecule has 0 unspecified atom stereocenters. The minimum absolute atomic E-state index is 0.0758. The molecule has 0 aromatic heterocycles. The van der Waals surface area contributed by atoms with Gasteiger partial charge in [0, 0.05) is 5.56 Å². The molecule has 0 aliphatic carbocycles. The van der Waals surface area contributed by atoms with Crippen molar-refractivity contribution in [2.24, 2.45) is 0 Å². The molecule has 0 saturated heterocycles. The fourth-order valence-corrected chi connectivity index (χ4v) is 3.30. The lowest BCUT2D eigenvalue weighted by Crippen LogP contribution is -2.14. The molecule has 21 heavy (non-hydrogen) atoms. The zero-order valence-corrected chi connectivity index (χ0v) is 13.1. The van der Waals surface area contributed by atoms with Crippen LogP contribution in [0.2, 0.25) is 5.02 Å². The summed E-state index contributed by atoms with van der Waals surface area (Å²) in [5.41, 5.74) is 1.55. The van der Waals surface area contributed by atoms with E-state index < -0.39 is 10.0 Å². The van der Waals surface area contributed by atoms with Gasteiger partial charge in [0.2, 0.25) is 0 Å². The Morgan fingerprint density at radius 2 is 1.71 bits per heavy atom. The van der Waals surface area contributed by atoms with Gasteiger partial charge >= 0.3 is 0 Å². The number of rotatable bonds is 4. The normalized spacial score (nSPS) is 11.2. The van der Waals surface area contributed by atoms with Gasteiger partial charge in [0.05, 0.1) is 15.6 Å². The molecule has 0 amide bonds. The number of benzene rings is 2. The number of halogens is 1. The number of carbonyl (C=O) groups is 1. The molecule has 2 aromatic carbocycles. The van der Waals surface area contributed by atoms with Crippen LogP contribution in [0.4, 0.5) is 5.69 Å². The van der Waals surface area contributed by atoms with Gasteiger partial charge in [-0.25, -0.2) is 8.42 Å². The number of Topliss-reactive ketones (excluding diaryl/α,β-unsaturated/α-hetero) is 1. The first kappa shape index (κ1) is 15.5. The van der Waals surface area contributed by atoms with Gasteiger partial charge in [0.1, 0.15) is 0 Å². The van der Waals surface area contributed by atoms with E-state index in [0.717, 1.165) is 5.56 Å². The molecule has 0 spiro atoms. The van der Waals surface area contributed by atoms with Gasteiger partial charge in [-0.05, 0) is 37.6 Å². The van der Waals surface area contributed by atoms with E-state index in [1.165, 1.54) is 31.2 Å². The number of aryl methyl sites for hydroxylation is 1. The van der Waals surface area contributed by atoms with Crippen LogP contribution < -0.4 is 4.72 Å². The maximum absolute atomic E-state index is 12.3. The molecule has 0 fully saturated rings. The molecule has 0 aliphatic rings. The summed E-state index contributed by atoms with van der Waals surface area (Å²) in [5.74, 6) is -0.117. The SMILES string of the molecule is CC(=O)c1ccc(S(=O)(=O)Nc2c(C)cccc2Cl)cc1. The number of hydrogen-bond acceptors (Lipinski definition) is 3. The summed E-state index contributed by atoms with van der Waals surface area (Å²) in [6, 6.07) is 10.9. The van der Waals surface area contributed by atoms with E-state index in [0.29, 0.717) is 16.3 Å². The van der Waals surface area contributed by atoms with Crippen LogP contribution in [0.3, 0.4) is 0 Å². The van der Waals surface area contributed by atoms with Crippen LogP contribution in [-0.4, -0.2) is 14.2 Å². The van der Waals surface area contributed by atoms with E-state index in [1.807, 2.05) is 0 Å². The van der Waals surface area contributed by atoms with Crippen molar-refractivity contribution in [3.05, 3.63) is 58.6 Å². The largest absolute Gasteiger partial charge is 0.295 e. The van der Waals surface area contributed by atoms with Crippen molar-refractivity contribution in [1.82, 2.24) is 0 Å². The Hall–Kier alpha value is -1.85. The topological polar surface area (TPSA) is 63.2 Å². The van der Waals surface area contributed by atoms with Gasteiger partial charge in [-0.15, -0.1) is 0 Å². The third-order valence-electron chi connectivity index (χ3n) is 3.03.